The van der Waals surface area contributed by atoms with Gasteiger partial charge in [0.2, 0.25) is 5.91 Å². The molecule has 1 amide bonds. The summed E-state index contributed by atoms with van der Waals surface area (Å²) in [6.07, 6.45) is 0.939. The van der Waals surface area contributed by atoms with Crippen molar-refractivity contribution < 1.29 is 4.79 Å². The van der Waals surface area contributed by atoms with Gasteiger partial charge in [-0.15, -0.1) is 11.3 Å². The van der Waals surface area contributed by atoms with Crippen LogP contribution in [0.5, 0.6) is 0 Å². The first-order valence-electron chi connectivity index (χ1n) is 5.66. The molecule has 0 saturated heterocycles. The normalized spacial score (nSPS) is 11.8. The molecule has 1 aromatic heterocycles. The lowest BCUT2D eigenvalue weighted by Crippen LogP contribution is -2.41. The van der Waals surface area contributed by atoms with E-state index in [0.717, 1.165) is 11.3 Å². The van der Waals surface area contributed by atoms with Crippen molar-refractivity contribution in [2.45, 2.75) is 32.9 Å². The zero-order chi connectivity index (χ0) is 12.7. The fourth-order valence-corrected chi connectivity index (χ4v) is 2.04. The quantitative estimate of drug-likeness (QED) is 0.807. The number of carbonyl (C=O) groups excluding carboxylic acids is 1. The number of nitrogens with zero attached hydrogens (tertiary/aromatic N) is 1. The highest BCUT2D eigenvalue weighted by molar-refractivity contribution is 7.10. The highest BCUT2D eigenvalue weighted by Crippen LogP contribution is 2.13. The van der Waals surface area contributed by atoms with Crippen LogP contribution in [0.1, 0.15) is 30.7 Å². The van der Waals surface area contributed by atoms with Gasteiger partial charge in [0.05, 0.1) is 11.6 Å². The van der Waals surface area contributed by atoms with Crippen molar-refractivity contribution in [3.05, 3.63) is 21.9 Å². The van der Waals surface area contributed by atoms with Gasteiger partial charge in [0, 0.05) is 23.3 Å². The first kappa shape index (κ1) is 13.7. The molecular formula is C12H17N3OS. The zero-order valence-corrected chi connectivity index (χ0v) is 10.9. The lowest BCUT2D eigenvalue weighted by atomic mass is 10.3. The topological polar surface area (TPSA) is 64.9 Å². The molecule has 4 nitrogen and oxygen atoms in total. The molecule has 0 spiro atoms. The molecule has 0 aliphatic heterocycles. The summed E-state index contributed by atoms with van der Waals surface area (Å²) in [5.74, 6) is 0.0175. The average Bonchev–Trinajstić information content (AvgIpc) is 2.80. The average molecular weight is 251 g/mol. The van der Waals surface area contributed by atoms with Gasteiger partial charge >= 0.3 is 0 Å². The van der Waals surface area contributed by atoms with Crippen LogP contribution < -0.4 is 10.6 Å². The number of rotatable bonds is 6. The van der Waals surface area contributed by atoms with E-state index >= 15 is 0 Å². The van der Waals surface area contributed by atoms with Crippen molar-refractivity contribution >= 4 is 17.2 Å². The van der Waals surface area contributed by atoms with Crippen molar-refractivity contribution in [1.29, 1.82) is 5.26 Å². The van der Waals surface area contributed by atoms with Gasteiger partial charge in [0.15, 0.2) is 0 Å². The summed E-state index contributed by atoms with van der Waals surface area (Å²) in [5.41, 5.74) is 0.676. The van der Waals surface area contributed by atoms with Gasteiger partial charge in [-0.2, -0.15) is 5.26 Å². The Labute approximate surface area is 106 Å². The first-order chi connectivity index (χ1) is 8.17. The highest BCUT2D eigenvalue weighted by atomic mass is 32.1. The van der Waals surface area contributed by atoms with Gasteiger partial charge in [-0.3, -0.25) is 4.79 Å². The van der Waals surface area contributed by atoms with Crippen LogP contribution in [-0.2, 0) is 11.3 Å². The summed E-state index contributed by atoms with van der Waals surface area (Å²) in [7, 11) is 0. The smallest absolute Gasteiger partial charge is 0.236 e. The molecule has 92 valence electrons. The molecule has 5 heteroatoms. The first-order valence-corrected chi connectivity index (χ1v) is 6.54. The summed E-state index contributed by atoms with van der Waals surface area (Å²) in [5, 5.41) is 16.5. The molecule has 1 aromatic rings. The Bertz CT molecular complexity index is 408. The third-order valence-electron chi connectivity index (χ3n) is 2.31. The monoisotopic (exact) mass is 251 g/mol. The fraction of sp³-hybridized carbons (Fsp3) is 0.500. The Morgan fingerprint density at radius 3 is 3.00 bits per heavy atom. The minimum Gasteiger partial charge on any atom is -0.355 e. The van der Waals surface area contributed by atoms with Crippen LogP contribution in [0.3, 0.4) is 0 Å². The van der Waals surface area contributed by atoms with E-state index in [4.69, 9.17) is 5.26 Å². The van der Waals surface area contributed by atoms with Crippen LogP contribution in [0.15, 0.2) is 11.4 Å². The molecule has 2 N–H and O–H groups in total. The molecule has 17 heavy (non-hydrogen) atoms. The highest BCUT2D eigenvalue weighted by Gasteiger charge is 2.11. The molecule has 1 unspecified atom stereocenters. The maximum absolute atomic E-state index is 11.6. The van der Waals surface area contributed by atoms with Crippen molar-refractivity contribution in [3.8, 4) is 6.07 Å². The van der Waals surface area contributed by atoms with Crippen molar-refractivity contribution in [2.24, 2.45) is 0 Å². The molecular weight excluding hydrogens is 234 g/mol. The van der Waals surface area contributed by atoms with E-state index in [-0.39, 0.29) is 11.9 Å². The Balaban J connectivity index is 2.35. The summed E-state index contributed by atoms with van der Waals surface area (Å²) < 4.78 is 0. The minimum absolute atomic E-state index is 0.0175. The van der Waals surface area contributed by atoms with Crippen LogP contribution >= 0.6 is 11.3 Å². The van der Waals surface area contributed by atoms with Crippen molar-refractivity contribution in [1.82, 2.24) is 10.6 Å². The minimum atomic E-state index is -0.214. The number of carbonyl (C=O) groups is 1. The third kappa shape index (κ3) is 4.55. The van der Waals surface area contributed by atoms with Gasteiger partial charge < -0.3 is 10.6 Å². The number of hydrogen-bond acceptors (Lipinski definition) is 4. The maximum Gasteiger partial charge on any atom is 0.236 e. The number of nitrogens with one attached hydrogen (secondary N) is 2. The van der Waals surface area contributed by atoms with Gasteiger partial charge in [-0.25, -0.2) is 0 Å². The van der Waals surface area contributed by atoms with Crippen molar-refractivity contribution in [2.75, 3.05) is 6.54 Å². The van der Waals surface area contributed by atoms with Crippen LogP contribution in [-0.4, -0.2) is 18.5 Å². The molecule has 1 heterocycles. The Morgan fingerprint density at radius 1 is 1.65 bits per heavy atom. The van der Waals surface area contributed by atoms with Crippen LogP contribution in [0, 0.1) is 11.3 Å². The van der Waals surface area contributed by atoms with E-state index < -0.39 is 0 Å². The molecule has 1 atom stereocenters. The second-order valence-corrected chi connectivity index (χ2v) is 4.80. The number of nitriles is 1. The predicted octanol–water partition coefficient (Wildman–Crippen LogP) is 1.62. The van der Waals surface area contributed by atoms with E-state index in [1.54, 1.807) is 0 Å². The zero-order valence-electron chi connectivity index (χ0n) is 10.1. The SMILES string of the molecule is CCCNC(=O)C(C)NCc1cc(C#N)cs1. The number of hydrogen-bond donors (Lipinski definition) is 2. The van der Waals surface area contributed by atoms with Crippen LogP contribution in [0.4, 0.5) is 0 Å². The molecule has 0 aromatic carbocycles. The van der Waals surface area contributed by atoms with E-state index in [2.05, 4.69) is 16.7 Å². The Hall–Kier alpha value is -1.38. The second-order valence-electron chi connectivity index (χ2n) is 3.81. The molecule has 0 radical (unpaired) electrons. The Morgan fingerprint density at radius 2 is 2.41 bits per heavy atom. The third-order valence-corrected chi connectivity index (χ3v) is 3.24. The van der Waals surface area contributed by atoms with Gasteiger partial charge in [-0.1, -0.05) is 6.92 Å². The van der Waals surface area contributed by atoms with Crippen molar-refractivity contribution in [3.63, 3.8) is 0 Å². The maximum atomic E-state index is 11.6. The van der Waals surface area contributed by atoms with E-state index in [0.29, 0.717) is 18.7 Å². The largest absolute Gasteiger partial charge is 0.355 e. The van der Waals surface area contributed by atoms with E-state index in [9.17, 15) is 4.79 Å². The molecule has 0 aliphatic rings. The van der Waals surface area contributed by atoms with E-state index in [1.807, 2.05) is 25.3 Å². The standard InChI is InChI=1S/C12H17N3OS/c1-3-4-14-12(16)9(2)15-7-11-5-10(6-13)8-17-11/h5,8-9,15H,3-4,7H2,1-2H3,(H,14,16). The van der Waals surface area contributed by atoms with E-state index in [1.165, 1.54) is 11.3 Å². The molecule has 0 fully saturated rings. The lowest BCUT2D eigenvalue weighted by molar-refractivity contribution is -0.122. The van der Waals surface area contributed by atoms with Gasteiger partial charge in [-0.05, 0) is 19.4 Å². The summed E-state index contributed by atoms with van der Waals surface area (Å²) in [6.45, 7) is 5.19. The lowest BCUT2D eigenvalue weighted by Gasteiger charge is -2.12. The van der Waals surface area contributed by atoms with Gasteiger partial charge in [0.1, 0.15) is 6.07 Å². The molecule has 0 saturated carbocycles. The molecule has 1 rings (SSSR count). The predicted molar refractivity (Wildman–Crippen MR) is 68.6 cm³/mol. The summed E-state index contributed by atoms with van der Waals surface area (Å²) in [4.78, 5) is 12.6. The summed E-state index contributed by atoms with van der Waals surface area (Å²) >= 11 is 1.53. The molecule has 0 bridgehead atoms. The fourth-order valence-electron chi connectivity index (χ4n) is 1.28. The molecule has 0 aliphatic carbocycles. The second kappa shape index (κ2) is 7.05. The summed E-state index contributed by atoms with van der Waals surface area (Å²) in [6, 6.07) is 3.72. The van der Waals surface area contributed by atoms with Crippen LogP contribution in [0.2, 0.25) is 0 Å². The Kier molecular flexibility index (Phi) is 5.67. The van der Waals surface area contributed by atoms with Crippen LogP contribution in [0.25, 0.3) is 0 Å². The van der Waals surface area contributed by atoms with Gasteiger partial charge in [0.25, 0.3) is 0 Å². The number of thiophene rings is 1. The number of amides is 1.